The van der Waals surface area contributed by atoms with Crippen LogP contribution < -0.4 is 10.1 Å². The van der Waals surface area contributed by atoms with Crippen LogP contribution in [-0.4, -0.2) is 29.3 Å². The fraction of sp³-hybridized carbons (Fsp3) is 0.154. The maximum absolute atomic E-state index is 10.7. The molecule has 0 saturated carbocycles. The molecule has 5 nitrogen and oxygen atoms in total. The van der Waals surface area contributed by atoms with Gasteiger partial charge in [-0.25, -0.2) is 4.79 Å². The van der Waals surface area contributed by atoms with Crippen molar-refractivity contribution in [3.63, 3.8) is 0 Å². The van der Waals surface area contributed by atoms with Gasteiger partial charge in [-0.3, -0.25) is 0 Å². The number of allylic oxidation sites excluding steroid dienone is 1. The fourth-order valence-electron chi connectivity index (χ4n) is 1.23. The molecule has 0 atom stereocenters. The molecule has 0 unspecified atom stereocenters. The van der Waals surface area contributed by atoms with Crippen LogP contribution in [0.15, 0.2) is 43.1 Å². The van der Waals surface area contributed by atoms with E-state index >= 15 is 0 Å². The van der Waals surface area contributed by atoms with Crippen LogP contribution in [0.4, 0.5) is 0 Å². The molecule has 1 aromatic rings. The second-order valence-corrected chi connectivity index (χ2v) is 3.49. The Morgan fingerprint density at radius 1 is 1.50 bits per heavy atom. The Balaban J connectivity index is 2.49. The largest absolute Gasteiger partial charge is 0.507 e. The highest BCUT2D eigenvalue weighted by atomic mass is 16.5. The Bertz CT molecular complexity index is 468. The van der Waals surface area contributed by atoms with Gasteiger partial charge >= 0.3 is 5.97 Å². The number of benzene rings is 1. The highest BCUT2D eigenvalue weighted by Gasteiger charge is 2.09. The second kappa shape index (κ2) is 6.34. The van der Waals surface area contributed by atoms with E-state index in [0.29, 0.717) is 24.6 Å². The molecule has 0 radical (unpaired) electrons. The topological polar surface area (TPSA) is 78.8 Å². The van der Waals surface area contributed by atoms with E-state index in [1.54, 1.807) is 6.08 Å². The van der Waals surface area contributed by atoms with Crippen LogP contribution >= 0.6 is 0 Å². The Morgan fingerprint density at radius 3 is 2.78 bits per heavy atom. The number of hydrogen-bond acceptors (Lipinski definition) is 4. The summed E-state index contributed by atoms with van der Waals surface area (Å²) in [5.74, 6) is -1.09. The smallest absolute Gasteiger partial charge is 0.339 e. The first-order valence-corrected chi connectivity index (χ1v) is 5.29. The molecule has 0 aromatic heterocycles. The average Bonchev–Trinajstić information content (AvgIpc) is 2.34. The van der Waals surface area contributed by atoms with Crippen molar-refractivity contribution in [2.24, 2.45) is 0 Å². The Morgan fingerprint density at radius 2 is 2.22 bits per heavy atom. The van der Waals surface area contributed by atoms with Crippen molar-refractivity contribution in [2.75, 3.05) is 13.2 Å². The zero-order valence-corrected chi connectivity index (χ0v) is 9.85. The molecule has 0 aliphatic rings. The maximum Gasteiger partial charge on any atom is 0.339 e. The number of nitrogens with one attached hydrogen (secondary N) is 1. The molecule has 18 heavy (non-hydrogen) atoms. The number of phenols is 1. The number of carbonyl (C=O) groups is 1. The zero-order valence-electron chi connectivity index (χ0n) is 9.85. The summed E-state index contributed by atoms with van der Waals surface area (Å²) in [6.07, 6.45) is 1.59. The van der Waals surface area contributed by atoms with Crippen LogP contribution in [0.5, 0.6) is 11.5 Å². The monoisotopic (exact) mass is 249 g/mol. The van der Waals surface area contributed by atoms with Crippen molar-refractivity contribution >= 4 is 5.97 Å². The van der Waals surface area contributed by atoms with Crippen molar-refractivity contribution in [1.82, 2.24) is 5.32 Å². The third kappa shape index (κ3) is 3.86. The van der Waals surface area contributed by atoms with E-state index in [1.807, 2.05) is 0 Å². The van der Waals surface area contributed by atoms with Gasteiger partial charge in [0.05, 0.1) is 0 Å². The number of hydrogen-bond donors (Lipinski definition) is 3. The summed E-state index contributed by atoms with van der Waals surface area (Å²) >= 11 is 0. The number of ether oxygens (including phenoxy) is 1. The summed E-state index contributed by atoms with van der Waals surface area (Å²) in [6, 6.07) is 4.06. The first-order valence-electron chi connectivity index (χ1n) is 5.29. The van der Waals surface area contributed by atoms with Gasteiger partial charge in [0.25, 0.3) is 0 Å². The van der Waals surface area contributed by atoms with Gasteiger partial charge in [0.15, 0.2) is 0 Å². The summed E-state index contributed by atoms with van der Waals surface area (Å²) in [7, 11) is 0. The second-order valence-electron chi connectivity index (χ2n) is 3.49. The van der Waals surface area contributed by atoms with Crippen LogP contribution in [-0.2, 0) is 0 Å². The first-order chi connectivity index (χ1) is 8.54. The molecule has 0 amide bonds. The van der Waals surface area contributed by atoms with Crippen LogP contribution in [0.2, 0.25) is 0 Å². The maximum atomic E-state index is 10.7. The molecule has 1 rings (SSSR count). The Kier molecular flexibility index (Phi) is 4.80. The third-order valence-electron chi connectivity index (χ3n) is 2.17. The van der Waals surface area contributed by atoms with Crippen molar-refractivity contribution in [3.8, 4) is 11.5 Å². The minimum atomic E-state index is -1.18. The number of carboxylic acids is 1. The molecule has 0 heterocycles. The van der Waals surface area contributed by atoms with Gasteiger partial charge in [-0.05, 0) is 18.2 Å². The van der Waals surface area contributed by atoms with Crippen LogP contribution in [0.3, 0.4) is 0 Å². The standard InChI is InChI=1S/C13H15NO4/c1-3-9(2)14-6-7-18-10-4-5-11(13(16)17)12(15)8-10/h3-5,8,14-15H,1-2,6-7H2,(H,16,17). The molecule has 1 aromatic carbocycles. The summed E-state index contributed by atoms with van der Waals surface area (Å²) in [4.78, 5) is 10.7. The van der Waals surface area contributed by atoms with Gasteiger partial charge in [-0.15, -0.1) is 0 Å². The van der Waals surface area contributed by atoms with Gasteiger partial charge in [0, 0.05) is 18.3 Å². The normalized spacial score (nSPS) is 9.56. The van der Waals surface area contributed by atoms with Gasteiger partial charge in [-0.2, -0.15) is 0 Å². The molecular formula is C13H15NO4. The number of aromatic carboxylic acids is 1. The summed E-state index contributed by atoms with van der Waals surface area (Å²) in [5, 5.41) is 21.1. The molecule has 0 fully saturated rings. The molecule has 0 aliphatic carbocycles. The van der Waals surface area contributed by atoms with E-state index in [2.05, 4.69) is 18.5 Å². The van der Waals surface area contributed by atoms with Crippen molar-refractivity contribution in [2.45, 2.75) is 0 Å². The SMILES string of the molecule is C=CC(=C)NCCOc1ccc(C(=O)O)c(O)c1. The predicted octanol–water partition coefficient (Wildman–Crippen LogP) is 1.76. The van der Waals surface area contributed by atoms with E-state index in [-0.39, 0.29) is 11.3 Å². The van der Waals surface area contributed by atoms with E-state index in [9.17, 15) is 9.90 Å². The summed E-state index contributed by atoms with van der Waals surface area (Å²) in [5.41, 5.74) is 0.545. The molecule has 5 heteroatoms. The molecule has 0 aliphatic heterocycles. The van der Waals surface area contributed by atoms with Crippen molar-refractivity contribution in [1.29, 1.82) is 0 Å². The lowest BCUT2D eigenvalue weighted by molar-refractivity contribution is 0.0693. The average molecular weight is 249 g/mol. The third-order valence-corrected chi connectivity index (χ3v) is 2.17. The molecule has 0 bridgehead atoms. The van der Waals surface area contributed by atoms with Crippen LogP contribution in [0.25, 0.3) is 0 Å². The molecule has 96 valence electrons. The first kappa shape index (κ1) is 13.6. The van der Waals surface area contributed by atoms with Crippen molar-refractivity contribution < 1.29 is 19.7 Å². The lowest BCUT2D eigenvalue weighted by atomic mass is 10.2. The quantitative estimate of drug-likeness (QED) is 0.507. The van der Waals surface area contributed by atoms with Gasteiger partial charge in [0.2, 0.25) is 0 Å². The van der Waals surface area contributed by atoms with Gasteiger partial charge < -0.3 is 20.3 Å². The van der Waals surface area contributed by atoms with E-state index in [4.69, 9.17) is 9.84 Å². The minimum Gasteiger partial charge on any atom is -0.507 e. The number of aromatic hydroxyl groups is 1. The summed E-state index contributed by atoms with van der Waals surface area (Å²) in [6.45, 7) is 8.11. The molecule has 0 spiro atoms. The predicted molar refractivity (Wildman–Crippen MR) is 67.9 cm³/mol. The van der Waals surface area contributed by atoms with Gasteiger partial charge in [-0.1, -0.05) is 13.2 Å². The lowest BCUT2D eigenvalue weighted by Crippen LogP contribution is -2.19. The van der Waals surface area contributed by atoms with Crippen LogP contribution in [0, 0.1) is 0 Å². The fourth-order valence-corrected chi connectivity index (χ4v) is 1.23. The molecule has 3 N–H and O–H groups in total. The van der Waals surface area contributed by atoms with Crippen molar-refractivity contribution in [3.05, 3.63) is 48.7 Å². The summed E-state index contributed by atoms with van der Waals surface area (Å²) < 4.78 is 5.33. The highest BCUT2D eigenvalue weighted by Crippen LogP contribution is 2.23. The van der Waals surface area contributed by atoms with Gasteiger partial charge in [0.1, 0.15) is 23.7 Å². The Labute approximate surface area is 105 Å². The van der Waals surface area contributed by atoms with E-state index in [1.165, 1.54) is 18.2 Å². The molecule has 0 saturated heterocycles. The molecular weight excluding hydrogens is 234 g/mol. The number of carboxylic acid groups (broad SMARTS) is 1. The van der Waals surface area contributed by atoms with E-state index < -0.39 is 5.97 Å². The Hall–Kier alpha value is -2.43. The number of rotatable bonds is 7. The minimum absolute atomic E-state index is 0.152. The lowest BCUT2D eigenvalue weighted by Gasteiger charge is -2.09. The van der Waals surface area contributed by atoms with Crippen LogP contribution in [0.1, 0.15) is 10.4 Å². The van der Waals surface area contributed by atoms with E-state index in [0.717, 1.165) is 0 Å². The highest BCUT2D eigenvalue weighted by molar-refractivity contribution is 5.90. The zero-order chi connectivity index (χ0) is 13.5.